The Bertz CT molecular complexity index is 1290. The highest BCUT2D eigenvalue weighted by Crippen LogP contribution is 2.32. The molecule has 0 saturated heterocycles. The van der Waals surface area contributed by atoms with E-state index in [1.807, 2.05) is 54.6 Å². The van der Waals surface area contributed by atoms with Crippen molar-refractivity contribution in [2.75, 3.05) is 11.9 Å². The molecule has 0 fully saturated rings. The molecule has 1 aromatic carbocycles. The summed E-state index contributed by atoms with van der Waals surface area (Å²) in [5.41, 5.74) is 9.96. The highest BCUT2D eigenvalue weighted by atomic mass is 16.1. The Morgan fingerprint density at radius 2 is 1.88 bits per heavy atom. The molecule has 0 aliphatic rings. The summed E-state index contributed by atoms with van der Waals surface area (Å²) in [6.07, 6.45) is 5.71. The van der Waals surface area contributed by atoms with Crippen LogP contribution in [0.5, 0.6) is 0 Å². The van der Waals surface area contributed by atoms with Gasteiger partial charge in [-0.15, -0.1) is 0 Å². The van der Waals surface area contributed by atoms with Crippen LogP contribution in [-0.4, -0.2) is 27.4 Å². The Morgan fingerprint density at radius 1 is 1.03 bits per heavy atom. The van der Waals surface area contributed by atoms with Crippen molar-refractivity contribution in [2.24, 2.45) is 5.73 Å². The molecule has 1 unspecified atom stereocenters. The average molecular weight is 435 g/mol. The molecule has 3 aromatic heterocycles. The van der Waals surface area contributed by atoms with E-state index in [0.717, 1.165) is 11.3 Å². The zero-order valence-electron chi connectivity index (χ0n) is 17.8. The Kier molecular flexibility index (Phi) is 6.67. The number of aromatic nitrogens is 3. The first kappa shape index (κ1) is 21.7. The predicted octanol–water partition coefficient (Wildman–Crippen LogP) is 3.68. The van der Waals surface area contributed by atoms with E-state index in [1.165, 1.54) is 0 Å². The second-order valence-corrected chi connectivity index (χ2v) is 7.41. The quantitative estimate of drug-likeness (QED) is 0.437. The average Bonchev–Trinajstić information content (AvgIpc) is 2.86. The van der Waals surface area contributed by atoms with Crippen LogP contribution in [0.3, 0.4) is 0 Å². The van der Waals surface area contributed by atoms with E-state index in [9.17, 15) is 10.1 Å². The number of nitrogens with two attached hydrogens (primary N) is 1. The van der Waals surface area contributed by atoms with Gasteiger partial charge in [-0.2, -0.15) is 5.26 Å². The maximum Gasteiger partial charge on any atom is 0.229 e. The highest BCUT2D eigenvalue weighted by Gasteiger charge is 2.25. The van der Waals surface area contributed by atoms with Gasteiger partial charge in [-0.1, -0.05) is 36.4 Å². The fourth-order valence-corrected chi connectivity index (χ4v) is 3.70. The minimum absolute atomic E-state index is 0.497. The number of hydrogen-bond acceptors (Lipinski definition) is 6. The minimum atomic E-state index is -0.719. The van der Waals surface area contributed by atoms with Gasteiger partial charge >= 0.3 is 0 Å². The van der Waals surface area contributed by atoms with E-state index in [1.54, 1.807) is 30.7 Å². The molecule has 7 nitrogen and oxygen atoms in total. The second-order valence-electron chi connectivity index (χ2n) is 7.41. The molecule has 3 N–H and O–H groups in total. The molecule has 4 rings (SSSR count). The van der Waals surface area contributed by atoms with Crippen molar-refractivity contribution < 1.29 is 4.79 Å². The Morgan fingerprint density at radius 3 is 2.61 bits per heavy atom. The summed E-state index contributed by atoms with van der Waals surface area (Å²) >= 11 is 0. The van der Waals surface area contributed by atoms with Crippen molar-refractivity contribution in [3.05, 3.63) is 108 Å². The van der Waals surface area contributed by atoms with E-state index in [2.05, 4.69) is 21.4 Å². The number of carbonyl (C=O) groups excluding carboxylic acids is 1. The lowest BCUT2D eigenvalue weighted by Crippen LogP contribution is -2.24. The first-order chi connectivity index (χ1) is 16.2. The van der Waals surface area contributed by atoms with Gasteiger partial charge < -0.3 is 11.1 Å². The number of carbonyl (C=O) groups is 1. The number of pyridine rings is 3. The first-order valence-corrected chi connectivity index (χ1v) is 10.5. The fourth-order valence-electron chi connectivity index (χ4n) is 3.70. The van der Waals surface area contributed by atoms with Crippen molar-refractivity contribution >= 4 is 11.7 Å². The molecule has 0 radical (unpaired) electrons. The van der Waals surface area contributed by atoms with Crippen LogP contribution in [0.25, 0.3) is 11.3 Å². The molecular formula is C26H22N6O. The second kappa shape index (κ2) is 10.2. The van der Waals surface area contributed by atoms with Gasteiger partial charge in [-0.3, -0.25) is 14.8 Å². The normalized spacial score (nSPS) is 11.4. The number of primary amides is 1. The van der Waals surface area contributed by atoms with Crippen LogP contribution in [0.2, 0.25) is 0 Å². The number of anilines is 1. The number of rotatable bonds is 8. The van der Waals surface area contributed by atoms with Crippen LogP contribution in [0, 0.1) is 11.3 Å². The Balaban J connectivity index is 1.74. The molecule has 33 heavy (non-hydrogen) atoms. The van der Waals surface area contributed by atoms with Crippen molar-refractivity contribution in [1.29, 1.82) is 5.26 Å². The number of nitrogens with one attached hydrogen (secondary N) is 1. The third-order valence-electron chi connectivity index (χ3n) is 5.26. The molecule has 0 aliphatic heterocycles. The first-order valence-electron chi connectivity index (χ1n) is 10.5. The smallest absolute Gasteiger partial charge is 0.229 e. The van der Waals surface area contributed by atoms with E-state index >= 15 is 0 Å². The summed E-state index contributed by atoms with van der Waals surface area (Å²) in [6.45, 7) is 0.554. The topological polar surface area (TPSA) is 118 Å². The monoisotopic (exact) mass is 434 g/mol. The van der Waals surface area contributed by atoms with E-state index < -0.39 is 11.8 Å². The summed E-state index contributed by atoms with van der Waals surface area (Å²) in [5.74, 6) is -0.685. The SMILES string of the molecule is N#Cc1ccccc1-c1ccc(C(C(N)=O)c2cccnc2)c(NCCc2ccccn2)n1. The molecule has 0 bridgehead atoms. The summed E-state index contributed by atoms with van der Waals surface area (Å²) in [6, 6.07) is 22.5. The number of nitrogens with zero attached hydrogens (tertiary/aromatic N) is 4. The van der Waals surface area contributed by atoms with Crippen LogP contribution >= 0.6 is 0 Å². The van der Waals surface area contributed by atoms with Crippen molar-refractivity contribution in [3.63, 3.8) is 0 Å². The third-order valence-corrected chi connectivity index (χ3v) is 5.26. The van der Waals surface area contributed by atoms with Gasteiger partial charge in [0.15, 0.2) is 0 Å². The van der Waals surface area contributed by atoms with Gasteiger partial charge in [0.1, 0.15) is 5.82 Å². The zero-order valence-corrected chi connectivity index (χ0v) is 17.8. The Labute approximate surface area is 192 Å². The molecule has 7 heteroatoms. The molecule has 0 saturated carbocycles. The Hall–Kier alpha value is -4.57. The van der Waals surface area contributed by atoms with Gasteiger partial charge in [0.05, 0.1) is 23.2 Å². The predicted molar refractivity (Wildman–Crippen MR) is 126 cm³/mol. The largest absolute Gasteiger partial charge is 0.369 e. The zero-order chi connectivity index (χ0) is 23.0. The van der Waals surface area contributed by atoms with Crippen LogP contribution in [-0.2, 0) is 11.2 Å². The van der Waals surface area contributed by atoms with Crippen molar-refractivity contribution in [1.82, 2.24) is 15.0 Å². The van der Waals surface area contributed by atoms with Crippen LogP contribution in [0.15, 0.2) is 85.3 Å². The fraction of sp³-hybridized carbons (Fsp3) is 0.115. The van der Waals surface area contributed by atoms with Gasteiger partial charge in [-0.05, 0) is 35.9 Å². The summed E-state index contributed by atoms with van der Waals surface area (Å²) in [5, 5.41) is 12.9. The van der Waals surface area contributed by atoms with Gasteiger partial charge in [0, 0.05) is 48.4 Å². The van der Waals surface area contributed by atoms with E-state index in [-0.39, 0.29) is 0 Å². The minimum Gasteiger partial charge on any atom is -0.369 e. The van der Waals surface area contributed by atoms with Crippen LogP contribution < -0.4 is 11.1 Å². The number of nitriles is 1. The lowest BCUT2D eigenvalue weighted by atomic mass is 9.91. The number of amides is 1. The van der Waals surface area contributed by atoms with Gasteiger partial charge in [0.25, 0.3) is 0 Å². The standard InChI is InChI=1S/C26H22N6O/c27-16-18-6-1-2-9-21(18)23-11-10-22(24(25(28)33)19-7-5-13-29-17-19)26(32-23)31-15-12-20-8-3-4-14-30-20/h1-11,13-14,17,24H,12,15H2,(H2,28,33)(H,31,32). The highest BCUT2D eigenvalue weighted by molar-refractivity contribution is 5.87. The molecule has 162 valence electrons. The summed E-state index contributed by atoms with van der Waals surface area (Å²) in [7, 11) is 0. The molecular weight excluding hydrogens is 412 g/mol. The summed E-state index contributed by atoms with van der Waals surface area (Å²) in [4.78, 5) is 25.8. The molecule has 0 spiro atoms. The maximum atomic E-state index is 12.5. The molecule has 3 heterocycles. The van der Waals surface area contributed by atoms with Gasteiger partial charge in [-0.25, -0.2) is 4.98 Å². The molecule has 1 atom stereocenters. The number of benzene rings is 1. The number of hydrogen-bond donors (Lipinski definition) is 2. The van der Waals surface area contributed by atoms with Crippen molar-refractivity contribution in [3.8, 4) is 17.3 Å². The lowest BCUT2D eigenvalue weighted by molar-refractivity contribution is -0.118. The van der Waals surface area contributed by atoms with E-state index in [4.69, 9.17) is 10.7 Å². The molecule has 4 aromatic rings. The van der Waals surface area contributed by atoms with Crippen molar-refractivity contribution in [2.45, 2.75) is 12.3 Å². The lowest BCUT2D eigenvalue weighted by Gasteiger charge is -2.19. The van der Waals surface area contributed by atoms with Gasteiger partial charge in [0.2, 0.25) is 5.91 Å². The maximum absolute atomic E-state index is 12.5. The van der Waals surface area contributed by atoms with Crippen LogP contribution in [0.4, 0.5) is 5.82 Å². The van der Waals surface area contributed by atoms with Crippen LogP contribution in [0.1, 0.15) is 28.3 Å². The molecule has 0 aliphatic carbocycles. The molecule has 1 amide bonds. The third kappa shape index (κ3) is 5.02. The van der Waals surface area contributed by atoms with E-state index in [0.29, 0.717) is 41.2 Å². The summed E-state index contributed by atoms with van der Waals surface area (Å²) < 4.78 is 0.